The molecule has 0 aliphatic rings. The summed E-state index contributed by atoms with van der Waals surface area (Å²) in [4.78, 5) is 19.8. The Labute approximate surface area is 185 Å². The van der Waals surface area contributed by atoms with E-state index in [2.05, 4.69) is 25.6 Å². The molecule has 10 heteroatoms. The smallest absolute Gasteiger partial charge is 0.278 e. The third kappa shape index (κ3) is 3.89. The summed E-state index contributed by atoms with van der Waals surface area (Å²) in [7, 11) is 0. The number of nitrogens with zero attached hydrogens (tertiary/aromatic N) is 4. The zero-order valence-electron chi connectivity index (χ0n) is 17.2. The molecule has 0 saturated carbocycles. The molecule has 0 atom stereocenters. The third-order valence-electron chi connectivity index (χ3n) is 5.01. The summed E-state index contributed by atoms with van der Waals surface area (Å²) in [5.74, 6) is -1.15. The molecule has 5 rings (SSSR count). The standard InChI is InChI=1S/C23H16F2N6O2/c1-13-21(29-30-31(13)16-5-2-14(24)3-6-16)23(32)28-15-4-7-20(18(25)12-15)33-19-9-11-27-22-17(19)8-10-26-22/h2-12H,1H3,(H,26,27)(H,28,32). The van der Waals surface area contributed by atoms with Gasteiger partial charge in [-0.1, -0.05) is 5.21 Å². The topological polar surface area (TPSA) is 97.7 Å². The van der Waals surface area contributed by atoms with Crippen molar-refractivity contribution in [2.75, 3.05) is 5.32 Å². The Kier molecular flexibility index (Phi) is 5.02. The third-order valence-corrected chi connectivity index (χ3v) is 5.01. The molecule has 1 amide bonds. The maximum atomic E-state index is 14.7. The van der Waals surface area contributed by atoms with Crippen LogP contribution in [0.15, 0.2) is 67.0 Å². The Morgan fingerprint density at radius 3 is 2.67 bits per heavy atom. The van der Waals surface area contributed by atoms with Crippen LogP contribution in [0.2, 0.25) is 0 Å². The lowest BCUT2D eigenvalue weighted by Gasteiger charge is -2.10. The number of fused-ring (bicyclic) bond motifs is 1. The van der Waals surface area contributed by atoms with E-state index in [-0.39, 0.29) is 22.9 Å². The van der Waals surface area contributed by atoms with Gasteiger partial charge in [-0.05, 0) is 55.5 Å². The molecule has 0 radical (unpaired) electrons. The van der Waals surface area contributed by atoms with E-state index in [1.54, 1.807) is 31.5 Å². The van der Waals surface area contributed by atoms with Crippen molar-refractivity contribution in [3.63, 3.8) is 0 Å². The molecule has 33 heavy (non-hydrogen) atoms. The summed E-state index contributed by atoms with van der Waals surface area (Å²) in [6.45, 7) is 1.66. The van der Waals surface area contributed by atoms with Gasteiger partial charge in [-0.3, -0.25) is 4.79 Å². The van der Waals surface area contributed by atoms with E-state index >= 15 is 0 Å². The first-order valence-electron chi connectivity index (χ1n) is 9.89. The predicted molar refractivity (Wildman–Crippen MR) is 117 cm³/mol. The number of rotatable bonds is 5. The van der Waals surface area contributed by atoms with Gasteiger partial charge in [-0.25, -0.2) is 18.4 Å². The van der Waals surface area contributed by atoms with Crippen molar-refractivity contribution in [2.24, 2.45) is 0 Å². The van der Waals surface area contributed by atoms with Crippen LogP contribution in [0.25, 0.3) is 16.7 Å². The van der Waals surface area contributed by atoms with Crippen LogP contribution in [0.4, 0.5) is 14.5 Å². The highest BCUT2D eigenvalue weighted by Crippen LogP contribution is 2.31. The van der Waals surface area contributed by atoms with E-state index < -0.39 is 11.7 Å². The van der Waals surface area contributed by atoms with Crippen LogP contribution in [0, 0.1) is 18.6 Å². The molecule has 0 aliphatic carbocycles. The molecule has 3 aromatic heterocycles. The van der Waals surface area contributed by atoms with E-state index in [0.29, 0.717) is 28.2 Å². The lowest BCUT2D eigenvalue weighted by molar-refractivity contribution is 0.102. The Morgan fingerprint density at radius 1 is 1.06 bits per heavy atom. The molecule has 164 valence electrons. The van der Waals surface area contributed by atoms with Crippen molar-refractivity contribution in [1.82, 2.24) is 25.0 Å². The van der Waals surface area contributed by atoms with Gasteiger partial charge in [-0.2, -0.15) is 0 Å². The zero-order chi connectivity index (χ0) is 22.9. The number of H-pyrrole nitrogens is 1. The number of aromatic nitrogens is 5. The fourth-order valence-corrected chi connectivity index (χ4v) is 3.36. The quantitative estimate of drug-likeness (QED) is 0.405. The van der Waals surface area contributed by atoms with Gasteiger partial charge >= 0.3 is 0 Å². The van der Waals surface area contributed by atoms with E-state index in [1.807, 2.05) is 0 Å². The summed E-state index contributed by atoms with van der Waals surface area (Å²) in [6, 6.07) is 13.1. The summed E-state index contributed by atoms with van der Waals surface area (Å²) in [5.41, 5.74) is 1.92. The normalized spacial score (nSPS) is 11.0. The number of nitrogens with one attached hydrogen (secondary N) is 2. The van der Waals surface area contributed by atoms with Gasteiger partial charge in [0.2, 0.25) is 0 Å². The van der Waals surface area contributed by atoms with Crippen LogP contribution in [0.3, 0.4) is 0 Å². The second kappa shape index (κ2) is 8.15. The van der Waals surface area contributed by atoms with Crippen LogP contribution in [0.1, 0.15) is 16.2 Å². The number of ether oxygens (including phenoxy) is 1. The maximum Gasteiger partial charge on any atom is 0.278 e. The van der Waals surface area contributed by atoms with Crippen molar-refractivity contribution >= 4 is 22.6 Å². The summed E-state index contributed by atoms with van der Waals surface area (Å²) in [5, 5.41) is 11.2. The van der Waals surface area contributed by atoms with Gasteiger partial charge in [0, 0.05) is 24.1 Å². The number of anilines is 1. The minimum absolute atomic E-state index is 0.000124. The number of benzene rings is 2. The van der Waals surface area contributed by atoms with E-state index in [4.69, 9.17) is 4.74 Å². The number of carbonyl (C=O) groups is 1. The van der Waals surface area contributed by atoms with Crippen LogP contribution in [-0.4, -0.2) is 30.9 Å². The average Bonchev–Trinajstić information content (AvgIpc) is 3.43. The Morgan fingerprint density at radius 2 is 1.88 bits per heavy atom. The fourth-order valence-electron chi connectivity index (χ4n) is 3.36. The van der Waals surface area contributed by atoms with Crippen LogP contribution < -0.4 is 10.1 Å². The Balaban J connectivity index is 1.34. The molecule has 2 aromatic carbocycles. The monoisotopic (exact) mass is 446 g/mol. The van der Waals surface area contributed by atoms with E-state index in [1.165, 1.54) is 41.1 Å². The van der Waals surface area contributed by atoms with Gasteiger partial charge in [0.05, 0.1) is 16.8 Å². The highest BCUT2D eigenvalue weighted by atomic mass is 19.1. The number of aromatic amines is 1. The molecule has 0 saturated heterocycles. The van der Waals surface area contributed by atoms with E-state index in [9.17, 15) is 13.6 Å². The van der Waals surface area contributed by atoms with Crippen LogP contribution >= 0.6 is 0 Å². The maximum absolute atomic E-state index is 14.7. The number of halogens is 2. The molecule has 0 fully saturated rings. The SMILES string of the molecule is Cc1c(C(=O)Nc2ccc(Oc3ccnc4[nH]ccc34)c(F)c2)nnn1-c1ccc(F)cc1. The minimum Gasteiger partial charge on any atom is -0.453 e. The highest BCUT2D eigenvalue weighted by molar-refractivity contribution is 6.03. The molecular weight excluding hydrogens is 430 g/mol. The summed E-state index contributed by atoms with van der Waals surface area (Å²) in [6.07, 6.45) is 3.27. The predicted octanol–water partition coefficient (Wildman–Crippen LogP) is 4.77. The molecule has 5 aromatic rings. The van der Waals surface area contributed by atoms with E-state index in [0.717, 1.165) is 6.07 Å². The van der Waals surface area contributed by atoms with Crippen molar-refractivity contribution < 1.29 is 18.3 Å². The van der Waals surface area contributed by atoms with Gasteiger partial charge < -0.3 is 15.0 Å². The summed E-state index contributed by atoms with van der Waals surface area (Å²) >= 11 is 0. The molecule has 8 nitrogen and oxygen atoms in total. The highest BCUT2D eigenvalue weighted by Gasteiger charge is 2.18. The molecule has 0 bridgehead atoms. The number of amides is 1. The Bertz CT molecular complexity index is 1480. The average molecular weight is 446 g/mol. The fraction of sp³-hybridized carbons (Fsp3) is 0.0435. The first kappa shape index (κ1) is 20.3. The van der Waals surface area contributed by atoms with Crippen LogP contribution in [0.5, 0.6) is 11.5 Å². The van der Waals surface area contributed by atoms with Gasteiger partial charge in [0.1, 0.15) is 17.2 Å². The lowest BCUT2D eigenvalue weighted by atomic mass is 10.2. The zero-order valence-corrected chi connectivity index (χ0v) is 17.2. The van der Waals surface area contributed by atoms with Gasteiger partial charge in [0.25, 0.3) is 5.91 Å². The molecule has 0 unspecified atom stereocenters. The number of carbonyl (C=O) groups excluding carboxylic acids is 1. The Hall–Kier alpha value is -4.60. The first-order chi connectivity index (χ1) is 16.0. The molecule has 0 spiro atoms. The van der Waals surface area contributed by atoms with Gasteiger partial charge in [-0.15, -0.1) is 5.10 Å². The number of hydrogen-bond acceptors (Lipinski definition) is 5. The van der Waals surface area contributed by atoms with Crippen LogP contribution in [-0.2, 0) is 0 Å². The second-order valence-electron chi connectivity index (χ2n) is 7.16. The lowest BCUT2D eigenvalue weighted by Crippen LogP contribution is -2.14. The van der Waals surface area contributed by atoms with Crippen molar-refractivity contribution in [3.8, 4) is 17.2 Å². The second-order valence-corrected chi connectivity index (χ2v) is 7.16. The van der Waals surface area contributed by atoms with Crippen molar-refractivity contribution in [2.45, 2.75) is 6.92 Å². The van der Waals surface area contributed by atoms with Crippen molar-refractivity contribution in [1.29, 1.82) is 0 Å². The molecular formula is C23H16F2N6O2. The minimum atomic E-state index is -0.653. The number of hydrogen-bond donors (Lipinski definition) is 2. The summed E-state index contributed by atoms with van der Waals surface area (Å²) < 4.78 is 35.0. The number of pyridine rings is 1. The first-order valence-corrected chi connectivity index (χ1v) is 9.89. The van der Waals surface area contributed by atoms with Gasteiger partial charge in [0.15, 0.2) is 17.3 Å². The largest absolute Gasteiger partial charge is 0.453 e. The molecule has 0 aliphatic heterocycles. The molecule has 3 heterocycles. The van der Waals surface area contributed by atoms with Crippen molar-refractivity contribution in [3.05, 3.63) is 90.0 Å². The molecule has 2 N–H and O–H groups in total.